The normalized spacial score (nSPS) is 19.7. The van der Waals surface area contributed by atoms with Crippen molar-refractivity contribution >= 4 is 27.4 Å². The van der Waals surface area contributed by atoms with Crippen LogP contribution in [0.2, 0.25) is 0 Å². The van der Waals surface area contributed by atoms with E-state index in [9.17, 15) is 22.0 Å². The van der Waals surface area contributed by atoms with Crippen molar-refractivity contribution in [3.63, 3.8) is 0 Å². The van der Waals surface area contributed by atoms with Crippen LogP contribution in [-0.4, -0.2) is 91.5 Å². The maximum Gasteiger partial charge on any atom is 0.257 e. The van der Waals surface area contributed by atoms with Gasteiger partial charge in [-0.05, 0) is 68.9 Å². The Balaban J connectivity index is 1.28. The molecule has 0 spiro atoms. The largest absolute Gasteiger partial charge is 0.369 e. The van der Waals surface area contributed by atoms with E-state index in [2.05, 4.69) is 43.3 Å². The maximum atomic E-state index is 13.9. The number of carbonyl (C=O) groups is 1. The van der Waals surface area contributed by atoms with Crippen LogP contribution in [0.3, 0.4) is 0 Å². The molecule has 6 rings (SSSR count). The van der Waals surface area contributed by atoms with Crippen molar-refractivity contribution in [3.8, 4) is 0 Å². The van der Waals surface area contributed by atoms with E-state index in [1.807, 2.05) is 26.0 Å². The van der Waals surface area contributed by atoms with Crippen LogP contribution in [0.1, 0.15) is 53.9 Å². The highest BCUT2D eigenvalue weighted by Crippen LogP contribution is 2.38. The standard InChI is InChI=1S/C31H39F2N7O3S/c1-31(2)20-40(44(42,43)25-16-22(32)15-23(33)17-25)19-27-28(31)35-36-29(27)34-30(41)26-7-6-24(39-12-10-37(3)11-13-39)14-21(26)18-38-8-4-5-9-38/h6-7,14-17H,4-5,8-13,18-20H2,1-3H3,(H2,34,35,36,41). The summed E-state index contributed by atoms with van der Waals surface area (Å²) < 4.78 is 56.1. The third-order valence-corrected chi connectivity index (χ3v) is 10.7. The number of aromatic nitrogens is 2. The van der Waals surface area contributed by atoms with Gasteiger partial charge in [-0.2, -0.15) is 9.40 Å². The summed E-state index contributed by atoms with van der Waals surface area (Å²) in [7, 11) is -2.13. The van der Waals surface area contributed by atoms with E-state index in [0.29, 0.717) is 29.4 Å². The molecule has 0 saturated carbocycles. The Labute approximate surface area is 257 Å². The van der Waals surface area contributed by atoms with Gasteiger partial charge in [0.1, 0.15) is 11.6 Å². The zero-order valence-electron chi connectivity index (χ0n) is 25.4. The monoisotopic (exact) mass is 627 g/mol. The molecule has 0 bridgehead atoms. The molecule has 0 atom stereocenters. The second-order valence-corrected chi connectivity index (χ2v) is 14.7. The van der Waals surface area contributed by atoms with Gasteiger partial charge in [0, 0.05) is 79.8 Å². The Bertz CT molecular complexity index is 1640. The van der Waals surface area contributed by atoms with Crippen molar-refractivity contribution in [2.75, 3.05) is 63.1 Å². The lowest BCUT2D eigenvalue weighted by molar-refractivity contribution is 0.102. The Kier molecular flexibility index (Phi) is 8.24. The smallest absolute Gasteiger partial charge is 0.257 e. The summed E-state index contributed by atoms with van der Waals surface area (Å²) in [5.74, 6) is -2.04. The van der Waals surface area contributed by atoms with Crippen LogP contribution in [0.5, 0.6) is 0 Å². The van der Waals surface area contributed by atoms with E-state index in [1.165, 1.54) is 4.31 Å². The van der Waals surface area contributed by atoms with Gasteiger partial charge >= 0.3 is 0 Å². The molecule has 3 aromatic rings. The average Bonchev–Trinajstić information content (AvgIpc) is 3.63. The number of hydrogen-bond acceptors (Lipinski definition) is 7. The number of rotatable bonds is 7. The maximum absolute atomic E-state index is 13.9. The predicted molar refractivity (Wildman–Crippen MR) is 164 cm³/mol. The molecule has 44 heavy (non-hydrogen) atoms. The minimum absolute atomic E-state index is 0.0593. The van der Waals surface area contributed by atoms with Gasteiger partial charge in [-0.25, -0.2) is 17.2 Å². The third kappa shape index (κ3) is 6.10. The highest BCUT2D eigenvalue weighted by molar-refractivity contribution is 7.89. The Hall–Kier alpha value is -3.39. The number of anilines is 2. The van der Waals surface area contributed by atoms with Crippen LogP contribution in [0.15, 0.2) is 41.3 Å². The first-order valence-electron chi connectivity index (χ1n) is 15.0. The summed E-state index contributed by atoms with van der Waals surface area (Å²) in [4.78, 5) is 20.4. The number of piperazine rings is 1. The fourth-order valence-electron chi connectivity index (χ4n) is 6.48. The first kappa shape index (κ1) is 30.6. The van der Waals surface area contributed by atoms with Crippen LogP contribution < -0.4 is 10.2 Å². The van der Waals surface area contributed by atoms with Gasteiger partial charge in [0.05, 0.1) is 4.90 Å². The number of nitrogens with one attached hydrogen (secondary N) is 2. The number of aromatic amines is 1. The highest BCUT2D eigenvalue weighted by Gasteiger charge is 2.41. The van der Waals surface area contributed by atoms with Gasteiger partial charge in [-0.15, -0.1) is 0 Å². The highest BCUT2D eigenvalue weighted by atomic mass is 32.2. The van der Waals surface area contributed by atoms with Crippen molar-refractivity contribution in [1.29, 1.82) is 0 Å². The molecule has 2 aromatic carbocycles. The fraction of sp³-hybridized carbons (Fsp3) is 0.484. The molecule has 3 aliphatic heterocycles. The quantitative estimate of drug-likeness (QED) is 0.411. The molecule has 3 aliphatic rings. The molecule has 10 nitrogen and oxygen atoms in total. The zero-order chi connectivity index (χ0) is 31.2. The van der Waals surface area contributed by atoms with Gasteiger partial charge in [0.15, 0.2) is 5.82 Å². The van der Waals surface area contributed by atoms with E-state index in [-0.39, 0.29) is 24.8 Å². The Morgan fingerprint density at radius 1 is 1.00 bits per heavy atom. The average molecular weight is 628 g/mol. The van der Waals surface area contributed by atoms with Crippen LogP contribution in [0.25, 0.3) is 0 Å². The van der Waals surface area contributed by atoms with E-state index in [4.69, 9.17) is 0 Å². The molecule has 2 saturated heterocycles. The zero-order valence-corrected chi connectivity index (χ0v) is 26.2. The molecule has 0 unspecified atom stereocenters. The molecular formula is C31H39F2N7O3S. The fourth-order valence-corrected chi connectivity index (χ4v) is 8.09. The molecule has 2 N–H and O–H groups in total. The number of likely N-dealkylation sites (N-methyl/N-ethyl adjacent to an activating group) is 1. The summed E-state index contributed by atoms with van der Waals surface area (Å²) in [5, 5.41) is 10.3. The molecule has 236 valence electrons. The summed E-state index contributed by atoms with van der Waals surface area (Å²) >= 11 is 0. The lowest BCUT2D eigenvalue weighted by atomic mass is 9.84. The molecule has 1 amide bonds. The number of fused-ring (bicyclic) bond motifs is 1. The SMILES string of the molecule is CN1CCN(c2ccc(C(=O)Nc3n[nH]c4c3CN(S(=O)(=O)c3cc(F)cc(F)c3)CC4(C)C)c(CN3CCCC3)c2)CC1. The number of likely N-dealkylation sites (tertiary alicyclic amines) is 1. The lowest BCUT2D eigenvalue weighted by Crippen LogP contribution is -2.45. The molecule has 1 aromatic heterocycles. The Morgan fingerprint density at radius 3 is 2.36 bits per heavy atom. The summed E-state index contributed by atoms with van der Waals surface area (Å²) in [6, 6.07) is 8.24. The van der Waals surface area contributed by atoms with Gasteiger partial charge < -0.3 is 15.1 Å². The van der Waals surface area contributed by atoms with Crippen molar-refractivity contribution in [3.05, 3.63) is 70.4 Å². The van der Waals surface area contributed by atoms with Gasteiger partial charge in [-0.1, -0.05) is 13.8 Å². The van der Waals surface area contributed by atoms with Gasteiger partial charge in [-0.3, -0.25) is 14.8 Å². The number of amides is 1. The van der Waals surface area contributed by atoms with Gasteiger partial charge in [0.25, 0.3) is 5.91 Å². The lowest BCUT2D eigenvalue weighted by Gasteiger charge is -2.37. The molecule has 0 radical (unpaired) electrons. The van der Waals surface area contributed by atoms with E-state index < -0.39 is 32.0 Å². The van der Waals surface area contributed by atoms with Crippen LogP contribution in [0.4, 0.5) is 20.3 Å². The number of carbonyl (C=O) groups excluding carboxylic acids is 1. The predicted octanol–water partition coefficient (Wildman–Crippen LogP) is 3.77. The number of halogens is 2. The number of benzene rings is 2. The molecule has 4 heterocycles. The summed E-state index contributed by atoms with van der Waals surface area (Å²) in [6.07, 6.45) is 2.27. The van der Waals surface area contributed by atoms with E-state index in [0.717, 1.165) is 75.5 Å². The molecule has 2 fully saturated rings. The van der Waals surface area contributed by atoms with Gasteiger partial charge in [0.2, 0.25) is 10.0 Å². The second kappa shape index (κ2) is 11.8. The number of sulfonamides is 1. The number of nitrogens with zero attached hydrogens (tertiary/aromatic N) is 5. The van der Waals surface area contributed by atoms with E-state index in [1.54, 1.807) is 0 Å². The number of H-pyrrole nitrogens is 1. The second-order valence-electron chi connectivity index (χ2n) is 12.8. The molecule has 0 aliphatic carbocycles. The summed E-state index contributed by atoms with van der Waals surface area (Å²) in [6.45, 7) is 10.1. The topological polar surface area (TPSA) is 105 Å². The van der Waals surface area contributed by atoms with Crippen molar-refractivity contribution in [2.45, 2.75) is 50.1 Å². The minimum Gasteiger partial charge on any atom is -0.369 e. The van der Waals surface area contributed by atoms with Crippen LogP contribution in [0, 0.1) is 11.6 Å². The first-order valence-corrected chi connectivity index (χ1v) is 16.5. The van der Waals surface area contributed by atoms with Crippen molar-refractivity contribution in [2.24, 2.45) is 0 Å². The summed E-state index contributed by atoms with van der Waals surface area (Å²) in [5.41, 5.74) is 3.08. The molecule has 13 heteroatoms. The molecular weight excluding hydrogens is 588 g/mol. The van der Waals surface area contributed by atoms with Crippen LogP contribution >= 0.6 is 0 Å². The third-order valence-electron chi connectivity index (χ3n) is 8.95. The minimum atomic E-state index is -4.25. The van der Waals surface area contributed by atoms with E-state index >= 15 is 0 Å². The number of hydrogen-bond donors (Lipinski definition) is 2. The van der Waals surface area contributed by atoms with Crippen molar-refractivity contribution < 1.29 is 22.0 Å². The van der Waals surface area contributed by atoms with Crippen molar-refractivity contribution in [1.82, 2.24) is 24.3 Å². The Morgan fingerprint density at radius 2 is 1.68 bits per heavy atom. The van der Waals surface area contributed by atoms with Crippen LogP contribution in [-0.2, 0) is 28.5 Å². The first-order chi connectivity index (χ1) is 20.9.